The van der Waals surface area contributed by atoms with E-state index in [0.29, 0.717) is 12.4 Å². The predicted octanol–water partition coefficient (Wildman–Crippen LogP) is 4.00. The zero-order valence-corrected chi connectivity index (χ0v) is 18.5. The van der Waals surface area contributed by atoms with Gasteiger partial charge in [-0.2, -0.15) is 0 Å². The van der Waals surface area contributed by atoms with E-state index in [0.717, 1.165) is 53.6 Å². The van der Waals surface area contributed by atoms with Crippen molar-refractivity contribution in [2.45, 2.75) is 33.1 Å². The second-order valence-electron chi connectivity index (χ2n) is 7.41. The van der Waals surface area contributed by atoms with E-state index in [1.165, 1.54) is 0 Å². The number of aromatic nitrogens is 1. The maximum absolute atomic E-state index is 12.5. The van der Waals surface area contributed by atoms with Crippen LogP contribution in [-0.4, -0.2) is 41.3 Å². The van der Waals surface area contributed by atoms with Gasteiger partial charge in [-0.15, -0.1) is 0 Å². The van der Waals surface area contributed by atoms with Crippen LogP contribution in [0, 0.1) is 12.8 Å². The minimum atomic E-state index is -0.0529. The Morgan fingerprint density at radius 2 is 1.93 bits per heavy atom. The molecule has 1 aromatic carbocycles. The second kappa shape index (κ2) is 9.98. The minimum absolute atomic E-state index is 0.00331. The summed E-state index contributed by atoms with van der Waals surface area (Å²) >= 11 is 3.33. The number of aryl methyl sites for hydroxylation is 2. The van der Waals surface area contributed by atoms with Crippen LogP contribution in [0.15, 0.2) is 41.0 Å². The van der Waals surface area contributed by atoms with Gasteiger partial charge in [0.1, 0.15) is 5.82 Å². The van der Waals surface area contributed by atoms with Crippen LogP contribution in [-0.2, 0) is 16.0 Å². The first-order valence-corrected chi connectivity index (χ1v) is 10.8. The van der Waals surface area contributed by atoms with Gasteiger partial charge in [0.05, 0.1) is 6.54 Å². The van der Waals surface area contributed by atoms with E-state index in [9.17, 15) is 9.59 Å². The molecule has 0 aliphatic carbocycles. The number of anilines is 2. The third kappa shape index (κ3) is 5.87. The highest BCUT2D eigenvalue weighted by Gasteiger charge is 2.26. The van der Waals surface area contributed by atoms with Gasteiger partial charge in [-0.1, -0.05) is 25.1 Å². The lowest BCUT2D eigenvalue weighted by Crippen LogP contribution is -2.42. The quantitative estimate of drug-likeness (QED) is 0.685. The summed E-state index contributed by atoms with van der Waals surface area (Å²) < 4.78 is 0.874. The molecular weight excluding hydrogens is 432 g/mol. The molecule has 0 atom stereocenters. The molecule has 0 spiro atoms. The molecule has 154 valence electrons. The third-order valence-corrected chi connectivity index (χ3v) is 5.78. The molecule has 0 bridgehead atoms. The van der Waals surface area contributed by atoms with Gasteiger partial charge in [-0.05, 0) is 78.5 Å². The molecule has 2 N–H and O–H groups in total. The number of hydrogen-bond donors (Lipinski definition) is 2. The number of likely N-dealkylation sites (tertiary alicyclic amines) is 1. The van der Waals surface area contributed by atoms with Crippen molar-refractivity contribution in [3.05, 3.63) is 52.1 Å². The zero-order chi connectivity index (χ0) is 20.8. The van der Waals surface area contributed by atoms with E-state index in [1.807, 2.05) is 31.2 Å². The number of halogens is 1. The first-order valence-electron chi connectivity index (χ1n) is 9.99. The number of carbonyl (C=O) groups is 2. The largest absolute Gasteiger partial charge is 0.324 e. The number of benzene rings is 1. The molecule has 3 rings (SSSR count). The lowest BCUT2D eigenvalue weighted by Gasteiger charge is -2.30. The molecule has 2 heterocycles. The van der Waals surface area contributed by atoms with Crippen LogP contribution < -0.4 is 10.6 Å². The second-order valence-corrected chi connectivity index (χ2v) is 8.33. The Morgan fingerprint density at radius 1 is 1.17 bits per heavy atom. The summed E-state index contributed by atoms with van der Waals surface area (Å²) in [5.74, 6) is 0.500. The molecule has 1 saturated heterocycles. The molecule has 7 heteroatoms. The SMILES string of the molecule is CCc1cccc(C)c1NC(=O)CN1CCC(C(=O)Nc2ccc(Br)cn2)CC1. The van der Waals surface area contributed by atoms with Gasteiger partial charge in [0.2, 0.25) is 11.8 Å². The average molecular weight is 459 g/mol. The molecule has 1 aliphatic heterocycles. The predicted molar refractivity (Wildman–Crippen MR) is 119 cm³/mol. The molecule has 2 amide bonds. The highest BCUT2D eigenvalue weighted by Crippen LogP contribution is 2.22. The first kappa shape index (κ1) is 21.5. The van der Waals surface area contributed by atoms with Crippen LogP contribution in [0.25, 0.3) is 0 Å². The normalized spacial score (nSPS) is 15.1. The van der Waals surface area contributed by atoms with Crippen molar-refractivity contribution in [1.29, 1.82) is 0 Å². The summed E-state index contributed by atoms with van der Waals surface area (Å²) in [5.41, 5.74) is 3.15. The van der Waals surface area contributed by atoms with Crippen molar-refractivity contribution >= 4 is 39.2 Å². The molecule has 2 aromatic rings. The van der Waals surface area contributed by atoms with Crippen LogP contribution in [0.1, 0.15) is 30.9 Å². The Morgan fingerprint density at radius 3 is 2.59 bits per heavy atom. The minimum Gasteiger partial charge on any atom is -0.324 e. The van der Waals surface area contributed by atoms with Gasteiger partial charge < -0.3 is 10.6 Å². The molecule has 1 aliphatic rings. The summed E-state index contributed by atoms with van der Waals surface area (Å²) in [4.78, 5) is 31.3. The molecule has 1 fully saturated rings. The summed E-state index contributed by atoms with van der Waals surface area (Å²) in [5, 5.41) is 5.95. The van der Waals surface area contributed by atoms with Crippen LogP contribution in [0.4, 0.5) is 11.5 Å². The molecule has 29 heavy (non-hydrogen) atoms. The van der Waals surface area contributed by atoms with E-state index in [-0.39, 0.29) is 17.7 Å². The van der Waals surface area contributed by atoms with Gasteiger partial charge in [-0.25, -0.2) is 4.98 Å². The van der Waals surface area contributed by atoms with Crippen molar-refractivity contribution in [2.75, 3.05) is 30.3 Å². The van der Waals surface area contributed by atoms with Gasteiger partial charge in [0, 0.05) is 22.3 Å². The topological polar surface area (TPSA) is 74.3 Å². The highest BCUT2D eigenvalue weighted by molar-refractivity contribution is 9.10. The molecule has 0 saturated carbocycles. The summed E-state index contributed by atoms with van der Waals surface area (Å²) in [6.07, 6.45) is 4.01. The number of hydrogen-bond acceptors (Lipinski definition) is 4. The highest BCUT2D eigenvalue weighted by atomic mass is 79.9. The number of piperidine rings is 1. The van der Waals surface area contributed by atoms with Crippen molar-refractivity contribution in [2.24, 2.45) is 5.92 Å². The van der Waals surface area contributed by atoms with E-state index < -0.39 is 0 Å². The monoisotopic (exact) mass is 458 g/mol. The fourth-order valence-electron chi connectivity index (χ4n) is 3.62. The standard InChI is InChI=1S/C22H27BrN4O2/c1-3-16-6-4-5-15(2)21(16)26-20(28)14-27-11-9-17(10-12-27)22(29)25-19-8-7-18(23)13-24-19/h4-8,13,17H,3,9-12,14H2,1-2H3,(H,26,28)(H,24,25,29). The van der Waals surface area contributed by atoms with E-state index in [2.05, 4.69) is 43.4 Å². The molecule has 6 nitrogen and oxygen atoms in total. The lowest BCUT2D eigenvalue weighted by atomic mass is 9.96. The fraction of sp³-hybridized carbons (Fsp3) is 0.409. The Balaban J connectivity index is 1.47. The zero-order valence-electron chi connectivity index (χ0n) is 16.9. The molecule has 0 radical (unpaired) electrons. The summed E-state index contributed by atoms with van der Waals surface area (Å²) in [6, 6.07) is 9.70. The average Bonchev–Trinajstić information content (AvgIpc) is 2.71. The third-order valence-electron chi connectivity index (χ3n) is 5.31. The maximum atomic E-state index is 12.5. The van der Waals surface area contributed by atoms with Crippen molar-refractivity contribution < 1.29 is 9.59 Å². The van der Waals surface area contributed by atoms with E-state index in [1.54, 1.807) is 12.3 Å². The van der Waals surface area contributed by atoms with E-state index >= 15 is 0 Å². The number of carbonyl (C=O) groups excluding carboxylic acids is 2. The number of nitrogens with zero attached hydrogens (tertiary/aromatic N) is 2. The van der Waals surface area contributed by atoms with Crippen molar-refractivity contribution in [3.63, 3.8) is 0 Å². The van der Waals surface area contributed by atoms with Gasteiger partial charge >= 0.3 is 0 Å². The smallest absolute Gasteiger partial charge is 0.238 e. The maximum Gasteiger partial charge on any atom is 0.238 e. The number of rotatable bonds is 6. The number of nitrogens with one attached hydrogen (secondary N) is 2. The van der Waals surface area contributed by atoms with Gasteiger partial charge in [0.15, 0.2) is 0 Å². The van der Waals surface area contributed by atoms with Crippen LogP contribution in [0.2, 0.25) is 0 Å². The Labute approximate surface area is 180 Å². The Bertz CT molecular complexity index is 862. The molecular formula is C22H27BrN4O2. The Kier molecular flexibility index (Phi) is 7.39. The summed E-state index contributed by atoms with van der Waals surface area (Å²) in [6.45, 7) is 5.91. The molecule has 1 aromatic heterocycles. The molecule has 0 unspecified atom stereocenters. The first-order chi connectivity index (χ1) is 14.0. The van der Waals surface area contributed by atoms with Gasteiger partial charge in [0.25, 0.3) is 0 Å². The van der Waals surface area contributed by atoms with Crippen LogP contribution in [0.3, 0.4) is 0 Å². The Hall–Kier alpha value is -2.25. The summed E-state index contributed by atoms with van der Waals surface area (Å²) in [7, 11) is 0. The number of amides is 2. The lowest BCUT2D eigenvalue weighted by molar-refractivity contribution is -0.121. The van der Waals surface area contributed by atoms with Crippen LogP contribution >= 0.6 is 15.9 Å². The van der Waals surface area contributed by atoms with Gasteiger partial charge in [-0.3, -0.25) is 14.5 Å². The van der Waals surface area contributed by atoms with Crippen LogP contribution in [0.5, 0.6) is 0 Å². The van der Waals surface area contributed by atoms with E-state index in [4.69, 9.17) is 0 Å². The number of para-hydroxylation sites is 1. The fourth-order valence-corrected chi connectivity index (χ4v) is 3.85. The van der Waals surface area contributed by atoms with Crippen molar-refractivity contribution in [3.8, 4) is 0 Å². The van der Waals surface area contributed by atoms with Crippen molar-refractivity contribution in [1.82, 2.24) is 9.88 Å². The number of pyridine rings is 1.